The molecule has 0 heterocycles. The van der Waals surface area contributed by atoms with E-state index in [9.17, 15) is 25.2 Å². The number of fused-ring (bicyclic) bond motifs is 10. The van der Waals surface area contributed by atoms with E-state index in [1.807, 2.05) is 6.92 Å². The van der Waals surface area contributed by atoms with Gasteiger partial charge in [0.15, 0.2) is 17.4 Å². The van der Waals surface area contributed by atoms with Crippen LogP contribution < -0.4 is 18.9 Å². The van der Waals surface area contributed by atoms with Crippen molar-refractivity contribution in [3.05, 3.63) is 0 Å². The Morgan fingerprint density at radius 3 is 1.37 bits per heavy atom. The number of aliphatic hydroxyl groups excluding tert-OH is 3. The zero-order chi connectivity index (χ0) is 40.0. The Bertz CT molecular complexity index is 1390. The number of carbonyl (C=O) groups is 1. The molecular weight excluding hydrogens is 714 g/mol. The van der Waals surface area contributed by atoms with Gasteiger partial charge >= 0.3 is 24.8 Å². The Balaban J connectivity index is 0.000000244. The molecule has 57 heavy (non-hydrogen) atoms. The van der Waals surface area contributed by atoms with Gasteiger partial charge in [0.05, 0.1) is 18.1 Å². The maximum absolute atomic E-state index is 11.8. The van der Waals surface area contributed by atoms with Crippen LogP contribution in [0.25, 0.3) is 0 Å². The van der Waals surface area contributed by atoms with E-state index in [0.29, 0.717) is 87.9 Å². The first kappa shape index (κ1) is 48.5. The van der Waals surface area contributed by atoms with Crippen molar-refractivity contribution in [3.8, 4) is 0 Å². The molecule has 0 unspecified atom stereocenters. The van der Waals surface area contributed by atoms with Crippen molar-refractivity contribution in [3.63, 3.8) is 0 Å². The summed E-state index contributed by atoms with van der Waals surface area (Å²) < 4.78 is 0. The number of rotatable bonds is 6. The van der Waals surface area contributed by atoms with Gasteiger partial charge in [-0.3, -0.25) is 4.79 Å². The van der Waals surface area contributed by atoms with Crippen LogP contribution in [0.4, 0.5) is 0 Å². The van der Waals surface area contributed by atoms with Crippen molar-refractivity contribution < 1.29 is 45.5 Å². The summed E-state index contributed by atoms with van der Waals surface area (Å²) in [6.07, 6.45) is 19.6. The van der Waals surface area contributed by atoms with Crippen LogP contribution in [0.3, 0.4) is 0 Å². The van der Waals surface area contributed by atoms with Crippen LogP contribution in [0.1, 0.15) is 173 Å². The van der Waals surface area contributed by atoms with E-state index in [1.54, 1.807) is 0 Å². The van der Waals surface area contributed by atoms with E-state index in [2.05, 4.69) is 62.3 Å². The molecule has 0 aliphatic heterocycles. The SMILES string of the molecule is CC[C@H]1[C@@H](O)[C@@H]2[C@H](CC[C@]3(C)[C@@H]([C@H](C)C(=O)O)CC[C@@H]23)[C@@]2(C)CC[C@@H](C)C[C@@H]12.CC[C@H]1[C@@H](O)[C@@H]2[C@H](CC[C@]3(C)[C@@H]([C@H](C)CO)CC[C@@H]23)[C@@]2(C)CC[C@@H](C)C[C@@H]12.[AlH3].[H-].[Li+]. The molecule has 8 rings (SSSR count). The second-order valence-corrected chi connectivity index (χ2v) is 23.4. The van der Waals surface area contributed by atoms with Gasteiger partial charge in [-0.05, 0) is 187 Å². The molecule has 8 aliphatic carbocycles. The minimum absolute atomic E-state index is 0. The van der Waals surface area contributed by atoms with Crippen molar-refractivity contribution in [2.75, 3.05) is 6.61 Å². The summed E-state index contributed by atoms with van der Waals surface area (Å²) in [6, 6.07) is 0. The Kier molecular flexibility index (Phi) is 15.3. The van der Waals surface area contributed by atoms with Crippen molar-refractivity contribution in [2.45, 2.75) is 184 Å². The summed E-state index contributed by atoms with van der Waals surface area (Å²) in [5.74, 6) is 7.70. The molecule has 0 radical (unpaired) electrons. The van der Waals surface area contributed by atoms with E-state index in [-0.39, 0.29) is 67.1 Å². The Morgan fingerprint density at radius 2 is 0.982 bits per heavy atom. The van der Waals surface area contributed by atoms with Crippen molar-refractivity contribution in [2.24, 2.45) is 116 Å². The van der Waals surface area contributed by atoms with Crippen LogP contribution in [-0.4, -0.2) is 62.6 Å². The molecule has 0 aromatic carbocycles. The summed E-state index contributed by atoms with van der Waals surface area (Å²) in [5.41, 5.74) is 1.23. The van der Waals surface area contributed by atoms with E-state index >= 15 is 0 Å². The maximum Gasteiger partial charge on any atom is 1.00 e. The summed E-state index contributed by atoms with van der Waals surface area (Å²) >= 11 is 0. The van der Waals surface area contributed by atoms with E-state index in [1.165, 1.54) is 70.6 Å². The van der Waals surface area contributed by atoms with Gasteiger partial charge in [-0.25, -0.2) is 0 Å². The Labute approximate surface area is 374 Å². The van der Waals surface area contributed by atoms with Gasteiger partial charge in [-0.15, -0.1) is 0 Å². The molecule has 8 aliphatic rings. The molecule has 0 saturated heterocycles. The van der Waals surface area contributed by atoms with E-state index < -0.39 is 5.97 Å². The van der Waals surface area contributed by atoms with Crippen molar-refractivity contribution >= 4 is 23.3 Å². The number of carboxylic acids is 1. The maximum atomic E-state index is 11.8. The molecule has 0 spiro atoms. The molecule has 4 N–H and O–H groups in total. The van der Waals surface area contributed by atoms with Crippen molar-refractivity contribution in [1.82, 2.24) is 0 Å². The smallest absolute Gasteiger partial charge is 1.00 e. The zero-order valence-corrected chi connectivity index (χ0v) is 38.1. The normalized spacial score (nSPS) is 53.3. The zero-order valence-electron chi connectivity index (χ0n) is 39.1. The van der Waals surface area contributed by atoms with Crippen LogP contribution in [0.5, 0.6) is 0 Å². The van der Waals surface area contributed by atoms with Crippen molar-refractivity contribution in [1.29, 1.82) is 0 Å². The predicted molar refractivity (Wildman–Crippen MR) is 234 cm³/mol. The molecule has 0 aromatic heterocycles. The Hall–Kier alpha value is 0.480. The number of hydrogen-bond acceptors (Lipinski definition) is 4. The largest absolute Gasteiger partial charge is 1.00 e. The quantitative estimate of drug-likeness (QED) is 0.216. The number of carboxylic acid groups (broad SMARTS) is 1. The predicted octanol–water partition coefficient (Wildman–Crippen LogP) is 7.06. The fourth-order valence-electron chi connectivity index (χ4n) is 18.5. The second-order valence-electron chi connectivity index (χ2n) is 23.4. The van der Waals surface area contributed by atoms with Gasteiger partial charge in [-0.1, -0.05) is 94.9 Å². The third-order valence-corrected chi connectivity index (χ3v) is 21.5. The summed E-state index contributed by atoms with van der Waals surface area (Å²) in [5, 5.41) is 42.9. The van der Waals surface area contributed by atoms with Gasteiger partial charge in [0, 0.05) is 6.61 Å². The molecule has 5 nitrogen and oxygen atoms in total. The molecule has 8 fully saturated rings. The average Bonchev–Trinajstić information content (AvgIpc) is 3.69. The minimum atomic E-state index is -0.641. The summed E-state index contributed by atoms with van der Waals surface area (Å²) in [7, 11) is 0. The number of aliphatic hydroxyl groups is 3. The van der Waals surface area contributed by atoms with E-state index in [0.717, 1.165) is 49.9 Å². The van der Waals surface area contributed by atoms with Gasteiger partial charge in [0.25, 0.3) is 0 Å². The van der Waals surface area contributed by atoms with Gasteiger partial charge in [0.2, 0.25) is 0 Å². The number of aliphatic carboxylic acids is 1. The topological polar surface area (TPSA) is 98.0 Å². The minimum Gasteiger partial charge on any atom is -1.00 e. The molecule has 324 valence electrons. The molecule has 22 atom stereocenters. The third-order valence-electron chi connectivity index (χ3n) is 21.5. The Morgan fingerprint density at radius 1 is 0.614 bits per heavy atom. The first-order valence-electron chi connectivity index (χ1n) is 24.1. The van der Waals surface area contributed by atoms with Crippen LogP contribution in [0.15, 0.2) is 0 Å². The standard InChI is InChI=1S/C25H42O3.C25H44O2.Al.Li.4H/c1-6-16-20-13-14(2)9-11-25(20,5)19-10-12-24(4)17(15(3)23(27)28)7-8-18(24)21(19)22(16)26;1-6-17-21-13-15(2)9-11-25(21,5)20-10-12-24(4)18(16(3)14-26)7-8-19(24)22(20)23(17)27;;;;;;/h14-22,26H,6-13H2,1-5H3,(H,27,28);15-23,26-27H,6-14H2,1-5H3;;;;;;/q;;;+1;;;;-1/t14-,15+,16-,17-,18+,19+,20+,21+,22-,24-,25-;15-,16-,17-,18-,19+,20+,21+,22+,23-,24-,25-;;;;;;/m11....../s1. The summed E-state index contributed by atoms with van der Waals surface area (Å²) in [4.78, 5) is 11.8. The summed E-state index contributed by atoms with van der Waals surface area (Å²) in [6.45, 7) is 24.0. The van der Waals surface area contributed by atoms with Crippen LogP contribution >= 0.6 is 0 Å². The monoisotopic (exact) mass is 805 g/mol. The van der Waals surface area contributed by atoms with E-state index in [4.69, 9.17) is 0 Å². The van der Waals surface area contributed by atoms with Gasteiger partial charge in [0.1, 0.15) is 0 Å². The fourth-order valence-corrected chi connectivity index (χ4v) is 18.5. The van der Waals surface area contributed by atoms with Crippen LogP contribution in [0.2, 0.25) is 0 Å². The molecule has 8 saturated carbocycles. The fraction of sp³-hybridized carbons (Fsp3) is 0.980. The van der Waals surface area contributed by atoms with Crippen LogP contribution in [-0.2, 0) is 4.79 Å². The molecule has 0 amide bonds. The molecule has 0 aromatic rings. The second kappa shape index (κ2) is 17.9. The third kappa shape index (κ3) is 7.60. The van der Waals surface area contributed by atoms with Gasteiger partial charge in [-0.2, -0.15) is 0 Å². The first-order chi connectivity index (χ1) is 25.9. The molecular formula is C50H90AlLiO5. The van der Waals surface area contributed by atoms with Gasteiger partial charge < -0.3 is 21.9 Å². The number of hydrogen-bond donors (Lipinski definition) is 4. The average molecular weight is 805 g/mol. The molecule has 0 bridgehead atoms. The molecule has 7 heteroatoms. The van der Waals surface area contributed by atoms with Crippen LogP contribution in [0, 0.1) is 116 Å². The first-order valence-corrected chi connectivity index (χ1v) is 24.1.